The number of aromatic nitrogens is 3. The lowest BCUT2D eigenvalue weighted by Gasteiger charge is -2.27. The standard InChI is InChI=1S/C21H20N4O2S2/c26-21-15-4-1-2-5-16(15)22-19(12-24-7-9-27-10-8-24)25(21)13-20-23-17(14-29-20)18-6-3-11-28-18/h1-6,11,14H,7-10,12-13H2. The van der Waals surface area contributed by atoms with E-state index in [2.05, 4.69) is 16.3 Å². The van der Waals surface area contributed by atoms with E-state index in [-0.39, 0.29) is 5.56 Å². The molecule has 8 heteroatoms. The Morgan fingerprint density at radius 2 is 1.86 bits per heavy atom. The summed E-state index contributed by atoms with van der Waals surface area (Å²) in [7, 11) is 0. The highest BCUT2D eigenvalue weighted by Crippen LogP contribution is 2.26. The molecule has 1 fully saturated rings. The fraction of sp³-hybridized carbons (Fsp3) is 0.286. The maximum Gasteiger partial charge on any atom is 0.261 e. The Balaban J connectivity index is 1.53. The van der Waals surface area contributed by atoms with Gasteiger partial charge in [0.05, 0.1) is 47.8 Å². The predicted molar refractivity (Wildman–Crippen MR) is 117 cm³/mol. The van der Waals surface area contributed by atoms with Crippen LogP contribution >= 0.6 is 22.7 Å². The van der Waals surface area contributed by atoms with Crippen LogP contribution in [0.3, 0.4) is 0 Å². The second kappa shape index (κ2) is 8.16. The number of hydrogen-bond donors (Lipinski definition) is 0. The molecule has 0 radical (unpaired) electrons. The van der Waals surface area contributed by atoms with E-state index in [0.717, 1.165) is 40.0 Å². The lowest BCUT2D eigenvalue weighted by atomic mass is 10.2. The first-order valence-electron chi connectivity index (χ1n) is 9.55. The van der Waals surface area contributed by atoms with Gasteiger partial charge in [-0.15, -0.1) is 22.7 Å². The van der Waals surface area contributed by atoms with E-state index >= 15 is 0 Å². The molecule has 4 heterocycles. The van der Waals surface area contributed by atoms with Gasteiger partial charge in [-0.05, 0) is 23.6 Å². The maximum atomic E-state index is 13.3. The first kappa shape index (κ1) is 18.6. The summed E-state index contributed by atoms with van der Waals surface area (Å²) < 4.78 is 7.24. The molecule has 6 nitrogen and oxygen atoms in total. The van der Waals surface area contributed by atoms with Crippen molar-refractivity contribution < 1.29 is 4.74 Å². The van der Waals surface area contributed by atoms with Gasteiger partial charge >= 0.3 is 0 Å². The molecule has 4 aromatic rings. The summed E-state index contributed by atoms with van der Waals surface area (Å²) in [5, 5.41) is 5.67. The van der Waals surface area contributed by atoms with E-state index in [1.807, 2.05) is 35.7 Å². The van der Waals surface area contributed by atoms with Gasteiger partial charge in [-0.3, -0.25) is 14.3 Å². The Hall–Kier alpha value is -2.39. The first-order chi connectivity index (χ1) is 14.3. The largest absolute Gasteiger partial charge is 0.379 e. The zero-order chi connectivity index (χ0) is 19.6. The molecule has 0 N–H and O–H groups in total. The van der Waals surface area contributed by atoms with Crippen molar-refractivity contribution in [1.82, 2.24) is 19.4 Å². The van der Waals surface area contributed by atoms with Crippen molar-refractivity contribution in [2.24, 2.45) is 0 Å². The highest BCUT2D eigenvalue weighted by Gasteiger charge is 2.18. The highest BCUT2D eigenvalue weighted by atomic mass is 32.1. The van der Waals surface area contributed by atoms with E-state index in [9.17, 15) is 4.79 Å². The fourth-order valence-electron chi connectivity index (χ4n) is 3.51. The fourth-order valence-corrected chi connectivity index (χ4v) is 5.06. The van der Waals surface area contributed by atoms with Gasteiger partial charge in [0.2, 0.25) is 0 Å². The Labute approximate surface area is 176 Å². The predicted octanol–water partition coefficient (Wildman–Crippen LogP) is 3.46. The average molecular weight is 425 g/mol. The number of nitrogens with zero attached hydrogens (tertiary/aromatic N) is 4. The molecule has 1 saturated heterocycles. The molecule has 148 valence electrons. The zero-order valence-corrected chi connectivity index (χ0v) is 17.4. The molecular formula is C21H20N4O2S2. The third kappa shape index (κ3) is 3.89. The highest BCUT2D eigenvalue weighted by molar-refractivity contribution is 7.14. The Morgan fingerprint density at radius 3 is 2.69 bits per heavy atom. The minimum Gasteiger partial charge on any atom is -0.379 e. The minimum absolute atomic E-state index is 0.00765. The summed E-state index contributed by atoms with van der Waals surface area (Å²) in [6.07, 6.45) is 0. The van der Waals surface area contributed by atoms with Gasteiger partial charge < -0.3 is 4.74 Å². The van der Waals surface area contributed by atoms with Crippen LogP contribution in [-0.2, 0) is 17.8 Å². The molecule has 1 aliphatic heterocycles. The summed E-state index contributed by atoms with van der Waals surface area (Å²) >= 11 is 3.26. The number of rotatable bonds is 5. The molecule has 0 bridgehead atoms. The summed E-state index contributed by atoms with van der Waals surface area (Å²) in [4.78, 5) is 26.3. The minimum atomic E-state index is -0.00765. The molecule has 0 spiro atoms. The number of benzene rings is 1. The van der Waals surface area contributed by atoms with Crippen LogP contribution in [0.15, 0.2) is 52.0 Å². The summed E-state index contributed by atoms with van der Waals surface area (Å²) in [5.74, 6) is 0.781. The van der Waals surface area contributed by atoms with Crippen molar-refractivity contribution in [1.29, 1.82) is 0 Å². The Morgan fingerprint density at radius 1 is 1.00 bits per heavy atom. The second-order valence-electron chi connectivity index (χ2n) is 6.93. The van der Waals surface area contributed by atoms with Gasteiger partial charge in [-0.1, -0.05) is 18.2 Å². The first-order valence-corrected chi connectivity index (χ1v) is 11.3. The Bertz CT molecular complexity index is 1180. The van der Waals surface area contributed by atoms with Crippen molar-refractivity contribution >= 4 is 33.6 Å². The van der Waals surface area contributed by atoms with Crippen LogP contribution in [0.5, 0.6) is 0 Å². The van der Waals surface area contributed by atoms with E-state index in [4.69, 9.17) is 14.7 Å². The lowest BCUT2D eigenvalue weighted by molar-refractivity contribution is 0.0325. The van der Waals surface area contributed by atoms with Crippen LogP contribution in [0, 0.1) is 0 Å². The molecule has 0 atom stereocenters. The van der Waals surface area contributed by atoms with Crippen LogP contribution in [0.4, 0.5) is 0 Å². The molecule has 0 saturated carbocycles. The van der Waals surface area contributed by atoms with Crippen LogP contribution in [0.2, 0.25) is 0 Å². The van der Waals surface area contributed by atoms with Crippen molar-refractivity contribution in [3.63, 3.8) is 0 Å². The van der Waals surface area contributed by atoms with E-state index in [1.165, 1.54) is 0 Å². The molecule has 0 unspecified atom stereocenters. The molecule has 1 aliphatic rings. The summed E-state index contributed by atoms with van der Waals surface area (Å²) in [5.41, 5.74) is 1.71. The molecule has 0 amide bonds. The number of ether oxygens (including phenoxy) is 1. The van der Waals surface area contributed by atoms with Gasteiger partial charge in [0, 0.05) is 18.5 Å². The summed E-state index contributed by atoms with van der Waals surface area (Å²) in [6, 6.07) is 11.6. The molecule has 0 aliphatic carbocycles. The molecule has 1 aromatic carbocycles. The van der Waals surface area contributed by atoms with Crippen molar-refractivity contribution in [2.45, 2.75) is 13.1 Å². The molecule has 29 heavy (non-hydrogen) atoms. The van der Waals surface area contributed by atoms with E-state index in [1.54, 1.807) is 27.2 Å². The smallest absolute Gasteiger partial charge is 0.261 e. The monoisotopic (exact) mass is 424 g/mol. The van der Waals surface area contributed by atoms with Gasteiger partial charge in [0.25, 0.3) is 5.56 Å². The lowest BCUT2D eigenvalue weighted by Crippen LogP contribution is -2.38. The molecular weight excluding hydrogens is 404 g/mol. The van der Waals surface area contributed by atoms with Gasteiger partial charge in [0.15, 0.2) is 0 Å². The van der Waals surface area contributed by atoms with Crippen molar-refractivity contribution in [3.8, 4) is 10.6 Å². The van der Waals surface area contributed by atoms with E-state index < -0.39 is 0 Å². The third-order valence-corrected chi connectivity index (χ3v) is 6.75. The van der Waals surface area contributed by atoms with Crippen LogP contribution in [-0.4, -0.2) is 45.7 Å². The number of fused-ring (bicyclic) bond motifs is 1. The second-order valence-corrected chi connectivity index (χ2v) is 8.82. The van der Waals surface area contributed by atoms with Crippen LogP contribution < -0.4 is 5.56 Å². The maximum absolute atomic E-state index is 13.3. The number of hydrogen-bond acceptors (Lipinski definition) is 7. The van der Waals surface area contributed by atoms with Gasteiger partial charge in [-0.2, -0.15) is 0 Å². The van der Waals surface area contributed by atoms with Crippen LogP contribution in [0.25, 0.3) is 21.5 Å². The number of thiophene rings is 1. The quantitative estimate of drug-likeness (QED) is 0.491. The van der Waals surface area contributed by atoms with Crippen molar-refractivity contribution in [3.05, 3.63) is 68.3 Å². The average Bonchev–Trinajstić information content (AvgIpc) is 3.44. The zero-order valence-electron chi connectivity index (χ0n) is 15.8. The SMILES string of the molecule is O=c1c2ccccc2nc(CN2CCOCC2)n1Cc1nc(-c2cccs2)cs1. The number of morpholine rings is 1. The number of para-hydroxylation sites is 1. The Kier molecular flexibility index (Phi) is 5.24. The van der Waals surface area contributed by atoms with E-state index in [0.29, 0.717) is 31.7 Å². The number of thiazole rings is 1. The molecule has 3 aromatic heterocycles. The summed E-state index contributed by atoms with van der Waals surface area (Å²) in [6.45, 7) is 4.20. The van der Waals surface area contributed by atoms with Crippen molar-refractivity contribution in [2.75, 3.05) is 26.3 Å². The van der Waals surface area contributed by atoms with Gasteiger partial charge in [-0.25, -0.2) is 9.97 Å². The third-order valence-electron chi connectivity index (χ3n) is 5.03. The van der Waals surface area contributed by atoms with Gasteiger partial charge in [0.1, 0.15) is 10.8 Å². The molecule has 5 rings (SSSR count). The van der Waals surface area contributed by atoms with Crippen LogP contribution in [0.1, 0.15) is 10.8 Å². The topological polar surface area (TPSA) is 60.3 Å². The normalized spacial score (nSPS) is 15.2.